The van der Waals surface area contributed by atoms with E-state index in [0.717, 1.165) is 5.01 Å². The van der Waals surface area contributed by atoms with Crippen LogP contribution in [0.3, 0.4) is 0 Å². The molecule has 0 saturated carbocycles. The summed E-state index contributed by atoms with van der Waals surface area (Å²) in [6.45, 7) is 0.123. The van der Waals surface area contributed by atoms with Crippen LogP contribution in [0.1, 0.15) is 5.01 Å². The Kier molecular flexibility index (Phi) is 1.38. The van der Waals surface area contributed by atoms with Gasteiger partial charge in [0.05, 0.1) is 5.38 Å². The van der Waals surface area contributed by atoms with Crippen molar-refractivity contribution in [3.8, 4) is 0 Å². The number of rotatable bonds is 1. The van der Waals surface area contributed by atoms with Crippen molar-refractivity contribution in [1.82, 2.24) is 0 Å². The SMILES string of the molecule is OCc1[nH+]ccs1. The fraction of sp³-hybridized carbons (Fsp3) is 0.250. The number of H-pyrrole nitrogens is 1. The van der Waals surface area contributed by atoms with Crippen LogP contribution >= 0.6 is 11.3 Å². The van der Waals surface area contributed by atoms with Crippen LogP contribution in [0.2, 0.25) is 0 Å². The Morgan fingerprint density at radius 1 is 1.86 bits per heavy atom. The molecule has 2 nitrogen and oxygen atoms in total. The molecular weight excluding hydrogens is 110 g/mol. The van der Waals surface area contributed by atoms with Crippen molar-refractivity contribution in [3.05, 3.63) is 16.6 Å². The van der Waals surface area contributed by atoms with E-state index in [1.807, 2.05) is 5.38 Å². The lowest BCUT2D eigenvalue weighted by Crippen LogP contribution is -2.01. The maximum Gasteiger partial charge on any atom is 0.261 e. The molecule has 0 bridgehead atoms. The molecule has 3 heteroatoms. The fourth-order valence-electron chi connectivity index (χ4n) is 0.360. The summed E-state index contributed by atoms with van der Waals surface area (Å²) in [5.41, 5.74) is 0. The minimum absolute atomic E-state index is 0.123. The number of aromatic amines is 1. The van der Waals surface area contributed by atoms with Gasteiger partial charge in [-0.2, -0.15) is 0 Å². The zero-order valence-corrected chi connectivity index (χ0v) is 4.53. The van der Waals surface area contributed by atoms with Gasteiger partial charge in [0.15, 0.2) is 6.20 Å². The van der Waals surface area contributed by atoms with Gasteiger partial charge in [-0.1, -0.05) is 11.3 Å². The molecule has 0 radical (unpaired) electrons. The zero-order valence-electron chi connectivity index (χ0n) is 3.72. The van der Waals surface area contributed by atoms with Crippen molar-refractivity contribution in [3.63, 3.8) is 0 Å². The minimum Gasteiger partial charge on any atom is -0.384 e. The summed E-state index contributed by atoms with van der Waals surface area (Å²) < 4.78 is 0. The molecule has 2 N–H and O–H groups in total. The summed E-state index contributed by atoms with van der Waals surface area (Å²) >= 11 is 1.52. The van der Waals surface area contributed by atoms with Crippen LogP contribution in [-0.4, -0.2) is 5.11 Å². The molecule has 0 aromatic carbocycles. The summed E-state index contributed by atoms with van der Waals surface area (Å²) in [5, 5.41) is 11.2. The number of aliphatic hydroxyl groups is 1. The highest BCUT2D eigenvalue weighted by Gasteiger charge is 1.94. The van der Waals surface area contributed by atoms with Crippen molar-refractivity contribution in [2.24, 2.45) is 0 Å². The standard InChI is InChI=1S/C4H5NOS/c6-3-4-5-1-2-7-4/h1-2,6H,3H2/p+1. The van der Waals surface area contributed by atoms with Crippen molar-refractivity contribution >= 4 is 11.3 Å². The number of aromatic nitrogens is 1. The van der Waals surface area contributed by atoms with Crippen LogP contribution < -0.4 is 4.98 Å². The van der Waals surface area contributed by atoms with E-state index in [1.165, 1.54) is 11.3 Å². The molecule has 0 saturated heterocycles. The number of aliphatic hydroxyl groups excluding tert-OH is 1. The summed E-state index contributed by atoms with van der Waals surface area (Å²) in [5.74, 6) is 0. The second-order valence-electron chi connectivity index (χ2n) is 1.15. The van der Waals surface area contributed by atoms with E-state index in [1.54, 1.807) is 6.20 Å². The topological polar surface area (TPSA) is 34.4 Å². The third-order valence-corrected chi connectivity index (χ3v) is 1.47. The second-order valence-corrected chi connectivity index (χ2v) is 2.15. The highest BCUT2D eigenvalue weighted by atomic mass is 32.1. The maximum absolute atomic E-state index is 8.41. The lowest BCUT2D eigenvalue weighted by Gasteiger charge is -1.70. The van der Waals surface area contributed by atoms with Gasteiger partial charge < -0.3 is 5.11 Å². The van der Waals surface area contributed by atoms with Crippen LogP contribution in [0, 0.1) is 0 Å². The van der Waals surface area contributed by atoms with Crippen LogP contribution in [0.15, 0.2) is 11.6 Å². The predicted molar refractivity (Wildman–Crippen MR) is 26.8 cm³/mol. The van der Waals surface area contributed by atoms with Gasteiger partial charge in [-0.25, -0.2) is 4.98 Å². The monoisotopic (exact) mass is 116 g/mol. The molecule has 0 atom stereocenters. The van der Waals surface area contributed by atoms with Gasteiger partial charge in [0, 0.05) is 0 Å². The van der Waals surface area contributed by atoms with Gasteiger partial charge >= 0.3 is 0 Å². The first kappa shape index (κ1) is 4.74. The minimum atomic E-state index is 0.123. The van der Waals surface area contributed by atoms with Gasteiger partial charge in [-0.15, -0.1) is 0 Å². The molecule has 0 aliphatic rings. The van der Waals surface area contributed by atoms with E-state index in [4.69, 9.17) is 5.11 Å². The number of nitrogens with one attached hydrogen (secondary N) is 1. The first-order valence-corrected chi connectivity index (χ1v) is 2.86. The van der Waals surface area contributed by atoms with Gasteiger partial charge in [0.1, 0.15) is 6.61 Å². The Hall–Kier alpha value is -0.410. The summed E-state index contributed by atoms with van der Waals surface area (Å²) in [4.78, 5) is 2.86. The van der Waals surface area contributed by atoms with Crippen molar-refractivity contribution < 1.29 is 10.1 Å². The molecule has 1 rings (SSSR count). The van der Waals surface area contributed by atoms with Crippen LogP contribution in [0.5, 0.6) is 0 Å². The Balaban J connectivity index is 2.76. The normalized spacial score (nSPS) is 9.29. The van der Waals surface area contributed by atoms with Crippen LogP contribution in [-0.2, 0) is 6.61 Å². The average molecular weight is 116 g/mol. The van der Waals surface area contributed by atoms with E-state index in [9.17, 15) is 0 Å². The van der Waals surface area contributed by atoms with Crippen LogP contribution in [0.25, 0.3) is 0 Å². The maximum atomic E-state index is 8.41. The zero-order chi connectivity index (χ0) is 5.11. The molecule has 0 fully saturated rings. The first-order valence-electron chi connectivity index (χ1n) is 1.98. The van der Waals surface area contributed by atoms with E-state index in [-0.39, 0.29) is 6.61 Å². The summed E-state index contributed by atoms with van der Waals surface area (Å²) in [7, 11) is 0. The average Bonchev–Trinajstić information content (AvgIpc) is 2.14. The predicted octanol–water partition coefficient (Wildman–Crippen LogP) is 0.0545. The number of hydrogen-bond donors (Lipinski definition) is 1. The Labute approximate surface area is 45.5 Å². The number of hydrogen-bond acceptors (Lipinski definition) is 2. The largest absolute Gasteiger partial charge is 0.384 e. The van der Waals surface area contributed by atoms with Gasteiger partial charge in [0.25, 0.3) is 5.01 Å². The van der Waals surface area contributed by atoms with Crippen molar-refractivity contribution in [2.75, 3.05) is 0 Å². The first-order chi connectivity index (χ1) is 3.43. The summed E-state index contributed by atoms with van der Waals surface area (Å²) in [6.07, 6.45) is 1.80. The van der Waals surface area contributed by atoms with E-state index < -0.39 is 0 Å². The lowest BCUT2D eigenvalue weighted by molar-refractivity contribution is -0.386. The molecule has 0 amide bonds. The quantitative estimate of drug-likeness (QED) is 0.553. The van der Waals surface area contributed by atoms with Crippen molar-refractivity contribution in [1.29, 1.82) is 0 Å². The molecule has 1 heterocycles. The third kappa shape index (κ3) is 0.976. The van der Waals surface area contributed by atoms with Gasteiger partial charge in [-0.3, -0.25) is 0 Å². The molecule has 7 heavy (non-hydrogen) atoms. The fourth-order valence-corrected chi connectivity index (χ4v) is 0.871. The molecule has 38 valence electrons. The molecule has 0 aliphatic carbocycles. The Bertz CT molecular complexity index is 126. The molecule has 0 aliphatic heterocycles. The van der Waals surface area contributed by atoms with Gasteiger partial charge in [0.2, 0.25) is 0 Å². The molecular formula is C4H6NOS+. The smallest absolute Gasteiger partial charge is 0.261 e. The van der Waals surface area contributed by atoms with E-state index in [0.29, 0.717) is 0 Å². The highest BCUT2D eigenvalue weighted by Crippen LogP contribution is 1.96. The second kappa shape index (κ2) is 2.04. The van der Waals surface area contributed by atoms with E-state index >= 15 is 0 Å². The molecule has 1 aromatic heterocycles. The van der Waals surface area contributed by atoms with E-state index in [2.05, 4.69) is 4.98 Å². The van der Waals surface area contributed by atoms with Gasteiger partial charge in [-0.05, 0) is 0 Å². The van der Waals surface area contributed by atoms with Crippen molar-refractivity contribution in [2.45, 2.75) is 6.61 Å². The molecule has 0 unspecified atom stereocenters. The summed E-state index contributed by atoms with van der Waals surface area (Å²) in [6, 6.07) is 0. The highest BCUT2D eigenvalue weighted by molar-refractivity contribution is 7.09. The molecule has 0 spiro atoms. The number of thiazole rings is 1. The Morgan fingerprint density at radius 2 is 2.71 bits per heavy atom. The third-order valence-electron chi connectivity index (χ3n) is 0.666. The Morgan fingerprint density at radius 3 is 3.00 bits per heavy atom. The van der Waals surface area contributed by atoms with Crippen LogP contribution in [0.4, 0.5) is 0 Å². The molecule has 1 aromatic rings. The lowest BCUT2D eigenvalue weighted by atomic mass is 10.8.